The summed E-state index contributed by atoms with van der Waals surface area (Å²) in [6.07, 6.45) is 2.70. The molecule has 8 nitrogen and oxygen atoms in total. The summed E-state index contributed by atoms with van der Waals surface area (Å²) in [5, 5.41) is 8.46. The van der Waals surface area contributed by atoms with Crippen LogP contribution in [0.1, 0.15) is 34.9 Å². The Hall–Kier alpha value is -4.12. The molecule has 0 spiro atoms. The molecular formula is C25H18ClF3N6O2. The molecule has 6 rings (SSSR count). The van der Waals surface area contributed by atoms with E-state index in [0.717, 1.165) is 19.0 Å². The molecule has 1 saturated carbocycles. The van der Waals surface area contributed by atoms with E-state index in [9.17, 15) is 18.0 Å². The monoisotopic (exact) mass is 526 g/mol. The molecule has 0 aliphatic heterocycles. The van der Waals surface area contributed by atoms with Crippen LogP contribution < -0.4 is 10.1 Å². The minimum atomic E-state index is -4.88. The number of amides is 1. The van der Waals surface area contributed by atoms with Gasteiger partial charge in [0.2, 0.25) is 5.88 Å². The second-order valence-corrected chi connectivity index (χ2v) is 9.08. The Morgan fingerprint density at radius 3 is 2.68 bits per heavy atom. The molecule has 0 bridgehead atoms. The van der Waals surface area contributed by atoms with Gasteiger partial charge in [-0.05, 0) is 37.1 Å². The first-order valence-electron chi connectivity index (χ1n) is 11.3. The third-order valence-electron chi connectivity index (χ3n) is 6.27. The smallest absolute Gasteiger partial charge is 0.434 e. The number of alkyl halides is 3. The number of carbonyl (C=O) groups excluding carboxylic acids is 1. The van der Waals surface area contributed by atoms with Gasteiger partial charge in [0.05, 0.1) is 41.5 Å². The van der Waals surface area contributed by atoms with Crippen LogP contribution in [0.25, 0.3) is 27.5 Å². The van der Waals surface area contributed by atoms with Crippen molar-refractivity contribution in [2.24, 2.45) is 0 Å². The molecule has 4 aromatic heterocycles. The molecule has 1 fully saturated rings. The average Bonchev–Trinajstić information content (AvgIpc) is 3.53. The number of methoxy groups -OCH3 is 1. The number of benzene rings is 1. The minimum Gasteiger partial charge on any atom is -0.481 e. The van der Waals surface area contributed by atoms with Crippen molar-refractivity contribution in [2.45, 2.75) is 25.1 Å². The van der Waals surface area contributed by atoms with Gasteiger partial charge in [0, 0.05) is 34.6 Å². The molecule has 0 radical (unpaired) electrons. The summed E-state index contributed by atoms with van der Waals surface area (Å²) in [5.74, 6) is -0.716. The van der Waals surface area contributed by atoms with E-state index >= 15 is 0 Å². The number of hydrogen-bond donors (Lipinski definition) is 1. The van der Waals surface area contributed by atoms with Gasteiger partial charge < -0.3 is 14.6 Å². The molecule has 0 unspecified atom stereocenters. The van der Waals surface area contributed by atoms with Gasteiger partial charge in [0.25, 0.3) is 5.91 Å². The second-order valence-electron chi connectivity index (χ2n) is 8.67. The normalized spacial score (nSPS) is 13.9. The lowest BCUT2D eigenvalue weighted by Gasteiger charge is -2.15. The van der Waals surface area contributed by atoms with Gasteiger partial charge in [-0.1, -0.05) is 17.7 Å². The lowest BCUT2D eigenvalue weighted by atomic mass is 10.1. The van der Waals surface area contributed by atoms with Crippen molar-refractivity contribution in [1.29, 1.82) is 0 Å². The largest absolute Gasteiger partial charge is 0.481 e. The standard InChI is InChI=1S/C25H18ClF3N6O2/c1-37-24-16-3-2-4-20(15(16)7-8-30-24)35-21(25(27,28)29)18(11-32-35)23(36)33-13-9-17-19(26)12-34(14-5-6-14)22(17)31-10-13/h2-4,7-12,14H,5-6H2,1H3,(H,33,36). The maximum Gasteiger partial charge on any atom is 0.434 e. The van der Waals surface area contributed by atoms with Crippen LogP contribution in [0.15, 0.2) is 55.1 Å². The first kappa shape index (κ1) is 23.3. The topological polar surface area (TPSA) is 86.9 Å². The highest BCUT2D eigenvalue weighted by Crippen LogP contribution is 2.40. The SMILES string of the molecule is COc1nccc2c(-n3ncc(C(=O)Nc4cnc5c(c4)c(Cl)cn5C4CC4)c3C(F)(F)F)cccc12. The van der Waals surface area contributed by atoms with Crippen molar-refractivity contribution in [3.05, 3.63) is 71.4 Å². The molecule has 1 amide bonds. The molecule has 188 valence electrons. The number of pyridine rings is 2. The number of hydrogen-bond acceptors (Lipinski definition) is 5. The lowest BCUT2D eigenvalue weighted by molar-refractivity contribution is -0.143. The Morgan fingerprint density at radius 1 is 1.14 bits per heavy atom. The van der Waals surface area contributed by atoms with Crippen LogP contribution in [0.4, 0.5) is 18.9 Å². The van der Waals surface area contributed by atoms with E-state index in [2.05, 4.69) is 20.4 Å². The first-order valence-corrected chi connectivity index (χ1v) is 11.7. The quantitative estimate of drug-likeness (QED) is 0.302. The predicted octanol–water partition coefficient (Wildman–Crippen LogP) is 6.04. The maximum absolute atomic E-state index is 14.3. The molecule has 1 N–H and O–H groups in total. The van der Waals surface area contributed by atoms with E-state index in [-0.39, 0.29) is 17.3 Å². The Morgan fingerprint density at radius 2 is 1.95 bits per heavy atom. The van der Waals surface area contributed by atoms with Gasteiger partial charge in [-0.3, -0.25) is 4.79 Å². The maximum atomic E-state index is 14.3. The number of ether oxygens (including phenoxy) is 1. The van der Waals surface area contributed by atoms with Crippen molar-refractivity contribution >= 4 is 45.0 Å². The summed E-state index contributed by atoms with van der Waals surface area (Å²) in [4.78, 5) is 21.6. The van der Waals surface area contributed by atoms with Crippen LogP contribution in [0.3, 0.4) is 0 Å². The molecule has 5 aromatic rings. The Kier molecular flexibility index (Phi) is 5.34. The van der Waals surface area contributed by atoms with Crippen LogP contribution in [-0.4, -0.2) is 37.3 Å². The van der Waals surface area contributed by atoms with Crippen LogP contribution in [0.5, 0.6) is 5.88 Å². The van der Waals surface area contributed by atoms with Gasteiger partial charge in [-0.25, -0.2) is 14.6 Å². The van der Waals surface area contributed by atoms with Crippen molar-refractivity contribution < 1.29 is 22.7 Å². The van der Waals surface area contributed by atoms with Gasteiger partial charge in [0.1, 0.15) is 5.65 Å². The summed E-state index contributed by atoms with van der Waals surface area (Å²) in [6, 6.07) is 8.24. The predicted molar refractivity (Wildman–Crippen MR) is 131 cm³/mol. The molecule has 1 aliphatic rings. The van der Waals surface area contributed by atoms with E-state index < -0.39 is 23.3 Å². The summed E-state index contributed by atoms with van der Waals surface area (Å²) >= 11 is 6.35. The van der Waals surface area contributed by atoms with E-state index in [1.807, 2.05) is 4.57 Å². The Balaban J connectivity index is 1.40. The third-order valence-corrected chi connectivity index (χ3v) is 6.57. The minimum absolute atomic E-state index is 0.126. The summed E-state index contributed by atoms with van der Waals surface area (Å²) < 4.78 is 50.9. The zero-order valence-electron chi connectivity index (χ0n) is 19.3. The van der Waals surface area contributed by atoms with E-state index in [4.69, 9.17) is 16.3 Å². The van der Waals surface area contributed by atoms with Crippen molar-refractivity contribution in [3.8, 4) is 11.6 Å². The number of anilines is 1. The van der Waals surface area contributed by atoms with E-state index in [1.54, 1.807) is 30.5 Å². The fourth-order valence-electron chi connectivity index (χ4n) is 4.47. The number of carbonyl (C=O) groups is 1. The molecule has 4 heterocycles. The number of nitrogens with zero attached hydrogens (tertiary/aromatic N) is 5. The fourth-order valence-corrected chi connectivity index (χ4v) is 4.72. The highest BCUT2D eigenvalue weighted by Gasteiger charge is 2.41. The molecule has 37 heavy (non-hydrogen) atoms. The number of halogens is 4. The third kappa shape index (κ3) is 3.95. The van der Waals surface area contributed by atoms with Gasteiger partial charge in [0.15, 0.2) is 5.69 Å². The number of nitrogens with one attached hydrogen (secondary N) is 1. The van der Waals surface area contributed by atoms with Crippen LogP contribution >= 0.6 is 11.6 Å². The summed E-state index contributed by atoms with van der Waals surface area (Å²) in [7, 11) is 1.42. The number of fused-ring (bicyclic) bond motifs is 2. The van der Waals surface area contributed by atoms with Crippen LogP contribution in [0.2, 0.25) is 5.02 Å². The first-order chi connectivity index (χ1) is 17.8. The molecular weight excluding hydrogens is 509 g/mol. The fraction of sp³-hybridized carbons (Fsp3) is 0.200. The number of rotatable bonds is 5. The molecule has 1 aliphatic carbocycles. The zero-order valence-corrected chi connectivity index (χ0v) is 20.0. The highest BCUT2D eigenvalue weighted by atomic mass is 35.5. The molecule has 1 aromatic carbocycles. The van der Waals surface area contributed by atoms with Crippen LogP contribution in [0, 0.1) is 0 Å². The van der Waals surface area contributed by atoms with Crippen molar-refractivity contribution in [2.75, 3.05) is 12.4 Å². The average molecular weight is 527 g/mol. The van der Waals surface area contributed by atoms with E-state index in [0.29, 0.717) is 37.6 Å². The number of aromatic nitrogens is 5. The summed E-state index contributed by atoms with van der Waals surface area (Å²) in [5.41, 5.74) is -0.835. The Bertz CT molecular complexity index is 1690. The highest BCUT2D eigenvalue weighted by molar-refractivity contribution is 6.35. The molecule has 12 heteroatoms. The molecule has 0 saturated heterocycles. The Labute approximate surface area is 212 Å². The zero-order chi connectivity index (χ0) is 25.9. The molecule has 0 atom stereocenters. The van der Waals surface area contributed by atoms with Gasteiger partial charge in [-0.2, -0.15) is 18.3 Å². The van der Waals surface area contributed by atoms with Gasteiger partial charge >= 0.3 is 6.18 Å². The lowest BCUT2D eigenvalue weighted by Crippen LogP contribution is -2.21. The van der Waals surface area contributed by atoms with E-state index in [1.165, 1.54) is 25.6 Å². The van der Waals surface area contributed by atoms with Crippen molar-refractivity contribution in [1.82, 2.24) is 24.3 Å². The van der Waals surface area contributed by atoms with Crippen LogP contribution in [-0.2, 0) is 6.18 Å². The summed E-state index contributed by atoms with van der Waals surface area (Å²) in [6.45, 7) is 0. The van der Waals surface area contributed by atoms with Crippen molar-refractivity contribution in [3.63, 3.8) is 0 Å². The second kappa shape index (κ2) is 8.48. The van der Waals surface area contributed by atoms with Gasteiger partial charge in [-0.15, -0.1) is 0 Å².